The summed E-state index contributed by atoms with van der Waals surface area (Å²) in [6.45, 7) is 1.98. The van der Waals surface area contributed by atoms with Gasteiger partial charge in [0.15, 0.2) is 0 Å². The van der Waals surface area contributed by atoms with Gasteiger partial charge < -0.3 is 9.72 Å². The Morgan fingerprint density at radius 1 is 1.47 bits per heavy atom. The van der Waals surface area contributed by atoms with Crippen molar-refractivity contribution in [2.75, 3.05) is 13.7 Å². The molecule has 0 bridgehead atoms. The first-order valence-corrected chi connectivity index (χ1v) is 6.58. The van der Waals surface area contributed by atoms with Gasteiger partial charge in [-0.2, -0.15) is 0 Å². The van der Waals surface area contributed by atoms with Crippen molar-refractivity contribution in [2.45, 2.75) is 25.4 Å². The lowest BCUT2D eigenvalue weighted by Crippen LogP contribution is -2.23. The number of methoxy groups -OCH3 is 1. The lowest BCUT2D eigenvalue weighted by molar-refractivity contribution is 0.240. The molecule has 1 unspecified atom stereocenters. The van der Waals surface area contributed by atoms with Crippen LogP contribution in [0, 0.1) is 0 Å². The minimum Gasteiger partial charge on any atom is -0.495 e. The summed E-state index contributed by atoms with van der Waals surface area (Å²) in [7, 11) is 1.67. The molecule has 1 saturated heterocycles. The molecule has 0 spiro atoms. The monoisotopic (exact) mass is 258 g/mol. The zero-order valence-electron chi connectivity index (χ0n) is 11.0. The van der Waals surface area contributed by atoms with Crippen molar-refractivity contribution in [3.8, 4) is 5.75 Å². The zero-order valence-corrected chi connectivity index (χ0v) is 11.0. The Morgan fingerprint density at radius 3 is 3.21 bits per heavy atom. The zero-order chi connectivity index (χ0) is 13.1. The molecule has 1 N–H and O–H groups in total. The van der Waals surface area contributed by atoms with E-state index in [1.807, 2.05) is 24.7 Å². The van der Waals surface area contributed by atoms with E-state index in [1.165, 1.54) is 12.0 Å². The molecule has 19 heavy (non-hydrogen) atoms. The summed E-state index contributed by atoms with van der Waals surface area (Å²) >= 11 is 0. The molecular formula is C14H18N4O. The first-order chi connectivity index (χ1) is 9.36. The van der Waals surface area contributed by atoms with E-state index >= 15 is 0 Å². The molecule has 3 heterocycles. The number of rotatable bonds is 4. The number of nitrogens with one attached hydrogen (secondary N) is 1. The van der Waals surface area contributed by atoms with Gasteiger partial charge in [-0.15, -0.1) is 0 Å². The highest BCUT2D eigenvalue weighted by atomic mass is 16.5. The summed E-state index contributed by atoms with van der Waals surface area (Å²) in [5.41, 5.74) is 1.18. The SMILES string of the molecule is COc1cncc(CN2CCCC2c2ncc[nH]2)c1. The van der Waals surface area contributed by atoms with Crippen molar-refractivity contribution in [1.82, 2.24) is 19.9 Å². The van der Waals surface area contributed by atoms with E-state index in [4.69, 9.17) is 4.74 Å². The number of pyridine rings is 1. The third-order valence-corrected chi connectivity index (χ3v) is 3.59. The highest BCUT2D eigenvalue weighted by molar-refractivity contribution is 5.23. The molecule has 2 aromatic rings. The van der Waals surface area contributed by atoms with E-state index in [0.29, 0.717) is 6.04 Å². The van der Waals surface area contributed by atoms with Crippen LogP contribution >= 0.6 is 0 Å². The lowest BCUT2D eigenvalue weighted by atomic mass is 10.2. The fourth-order valence-electron chi connectivity index (χ4n) is 2.68. The van der Waals surface area contributed by atoms with Crippen molar-refractivity contribution in [3.05, 3.63) is 42.2 Å². The van der Waals surface area contributed by atoms with Crippen LogP contribution in [0.1, 0.15) is 30.3 Å². The number of ether oxygens (including phenoxy) is 1. The largest absolute Gasteiger partial charge is 0.495 e. The Labute approximate surface area is 112 Å². The Bertz CT molecular complexity index is 526. The average molecular weight is 258 g/mol. The van der Waals surface area contributed by atoms with E-state index in [2.05, 4.69) is 19.9 Å². The van der Waals surface area contributed by atoms with Gasteiger partial charge in [-0.25, -0.2) is 4.98 Å². The van der Waals surface area contributed by atoms with E-state index < -0.39 is 0 Å². The van der Waals surface area contributed by atoms with Crippen molar-refractivity contribution < 1.29 is 4.74 Å². The number of imidazole rings is 1. The molecular weight excluding hydrogens is 240 g/mol. The van der Waals surface area contributed by atoms with E-state index in [0.717, 1.165) is 31.1 Å². The minimum atomic E-state index is 0.390. The second-order valence-corrected chi connectivity index (χ2v) is 4.84. The number of hydrogen-bond donors (Lipinski definition) is 1. The molecule has 5 heteroatoms. The van der Waals surface area contributed by atoms with E-state index in [9.17, 15) is 0 Å². The third kappa shape index (κ3) is 2.61. The van der Waals surface area contributed by atoms with Crippen LogP contribution in [0.5, 0.6) is 5.75 Å². The van der Waals surface area contributed by atoms with Crippen LogP contribution in [0.15, 0.2) is 30.9 Å². The maximum atomic E-state index is 5.22. The van der Waals surface area contributed by atoms with Crippen molar-refractivity contribution in [2.24, 2.45) is 0 Å². The predicted molar refractivity (Wildman–Crippen MR) is 71.8 cm³/mol. The molecule has 100 valence electrons. The normalized spacial score (nSPS) is 19.7. The first kappa shape index (κ1) is 12.2. The first-order valence-electron chi connectivity index (χ1n) is 6.58. The van der Waals surface area contributed by atoms with Crippen LogP contribution in [-0.4, -0.2) is 33.5 Å². The van der Waals surface area contributed by atoms with Gasteiger partial charge >= 0.3 is 0 Å². The molecule has 3 rings (SSSR count). The minimum absolute atomic E-state index is 0.390. The van der Waals surface area contributed by atoms with Crippen LogP contribution in [0.3, 0.4) is 0 Å². The number of hydrogen-bond acceptors (Lipinski definition) is 4. The molecule has 0 aliphatic carbocycles. The molecule has 1 atom stereocenters. The van der Waals surface area contributed by atoms with Gasteiger partial charge in [-0.05, 0) is 31.0 Å². The summed E-state index contributed by atoms with van der Waals surface area (Å²) in [5, 5.41) is 0. The summed E-state index contributed by atoms with van der Waals surface area (Å²) in [4.78, 5) is 14.3. The quantitative estimate of drug-likeness (QED) is 0.913. The van der Waals surface area contributed by atoms with Crippen molar-refractivity contribution in [1.29, 1.82) is 0 Å². The molecule has 1 aliphatic heterocycles. The number of nitrogens with zero attached hydrogens (tertiary/aromatic N) is 3. The van der Waals surface area contributed by atoms with Crippen LogP contribution in [-0.2, 0) is 6.54 Å². The molecule has 5 nitrogen and oxygen atoms in total. The third-order valence-electron chi connectivity index (χ3n) is 3.59. The second-order valence-electron chi connectivity index (χ2n) is 4.84. The van der Waals surface area contributed by atoms with Crippen LogP contribution in [0.2, 0.25) is 0 Å². The molecule has 1 aliphatic rings. The average Bonchev–Trinajstić information content (AvgIpc) is 3.09. The second kappa shape index (κ2) is 5.40. The standard InChI is InChI=1S/C14H18N4O/c1-19-12-7-11(8-15-9-12)10-18-6-2-3-13(18)14-16-4-5-17-14/h4-5,7-9,13H,2-3,6,10H2,1H3,(H,16,17). The van der Waals surface area contributed by atoms with Gasteiger partial charge in [0.05, 0.1) is 19.3 Å². The Balaban J connectivity index is 1.74. The molecule has 0 radical (unpaired) electrons. The van der Waals surface area contributed by atoms with E-state index in [1.54, 1.807) is 13.3 Å². The summed E-state index contributed by atoms with van der Waals surface area (Å²) in [5.74, 6) is 1.87. The topological polar surface area (TPSA) is 54.0 Å². The number of aromatic amines is 1. The molecule has 0 amide bonds. The Hall–Kier alpha value is -1.88. The number of aromatic nitrogens is 3. The fraction of sp³-hybridized carbons (Fsp3) is 0.429. The van der Waals surface area contributed by atoms with Gasteiger partial charge in [0, 0.05) is 25.1 Å². The maximum Gasteiger partial charge on any atom is 0.137 e. The Morgan fingerprint density at radius 2 is 2.42 bits per heavy atom. The molecule has 1 fully saturated rings. The molecule has 0 aromatic carbocycles. The Kier molecular flexibility index (Phi) is 3.46. The summed E-state index contributed by atoms with van der Waals surface area (Å²) in [6.07, 6.45) is 9.71. The summed E-state index contributed by atoms with van der Waals surface area (Å²) < 4.78 is 5.22. The van der Waals surface area contributed by atoms with Crippen molar-refractivity contribution >= 4 is 0 Å². The fourth-order valence-corrected chi connectivity index (χ4v) is 2.68. The van der Waals surface area contributed by atoms with Gasteiger partial charge in [-0.1, -0.05) is 0 Å². The predicted octanol–water partition coefficient (Wildman–Crippen LogP) is 2.15. The number of likely N-dealkylation sites (tertiary alicyclic amines) is 1. The van der Waals surface area contributed by atoms with Gasteiger partial charge in [0.1, 0.15) is 11.6 Å². The lowest BCUT2D eigenvalue weighted by Gasteiger charge is -2.22. The highest BCUT2D eigenvalue weighted by Gasteiger charge is 2.27. The van der Waals surface area contributed by atoms with Crippen LogP contribution < -0.4 is 4.74 Å². The highest BCUT2D eigenvalue weighted by Crippen LogP contribution is 2.31. The van der Waals surface area contributed by atoms with Gasteiger partial charge in [0.25, 0.3) is 0 Å². The summed E-state index contributed by atoms with van der Waals surface area (Å²) in [6, 6.07) is 2.44. The maximum absolute atomic E-state index is 5.22. The van der Waals surface area contributed by atoms with Crippen LogP contribution in [0.4, 0.5) is 0 Å². The van der Waals surface area contributed by atoms with Crippen molar-refractivity contribution in [3.63, 3.8) is 0 Å². The van der Waals surface area contributed by atoms with Crippen LogP contribution in [0.25, 0.3) is 0 Å². The van der Waals surface area contributed by atoms with Gasteiger partial charge in [-0.3, -0.25) is 9.88 Å². The van der Waals surface area contributed by atoms with E-state index in [-0.39, 0.29) is 0 Å². The smallest absolute Gasteiger partial charge is 0.137 e. The molecule has 2 aromatic heterocycles. The molecule has 0 saturated carbocycles. The van der Waals surface area contributed by atoms with Gasteiger partial charge in [0.2, 0.25) is 0 Å². The number of H-pyrrole nitrogens is 1.